The molecule has 0 saturated carbocycles. The third-order valence-corrected chi connectivity index (χ3v) is 3.93. The number of nitrogens with zero attached hydrogens (tertiary/aromatic N) is 2. The SMILES string of the molecule is CCOC(=O)c1ccn2c(nc3cc(C)c(C)cc32)c1C. The average Bonchev–Trinajstić information content (AvgIpc) is 2.79. The van der Waals surface area contributed by atoms with E-state index in [0.29, 0.717) is 12.2 Å². The highest BCUT2D eigenvalue weighted by molar-refractivity contribution is 5.94. The van der Waals surface area contributed by atoms with Gasteiger partial charge in [0, 0.05) is 11.8 Å². The number of aromatic nitrogens is 2. The molecule has 1 aromatic carbocycles. The van der Waals surface area contributed by atoms with Crippen molar-refractivity contribution >= 4 is 22.6 Å². The summed E-state index contributed by atoms with van der Waals surface area (Å²) in [6.45, 7) is 8.26. The fourth-order valence-electron chi connectivity index (χ4n) is 2.59. The normalized spacial score (nSPS) is 11.2. The van der Waals surface area contributed by atoms with E-state index in [1.807, 2.05) is 17.5 Å². The van der Waals surface area contributed by atoms with Crippen molar-refractivity contribution in [1.29, 1.82) is 0 Å². The number of carbonyl (C=O) groups excluding carboxylic acids is 1. The molecular formula is C17H18N2O2. The zero-order valence-electron chi connectivity index (χ0n) is 12.7. The Hall–Kier alpha value is -2.36. The Morgan fingerprint density at radius 3 is 2.67 bits per heavy atom. The van der Waals surface area contributed by atoms with Crippen molar-refractivity contribution in [3.8, 4) is 0 Å². The lowest BCUT2D eigenvalue weighted by atomic mass is 10.1. The van der Waals surface area contributed by atoms with Crippen LogP contribution in [0.15, 0.2) is 24.4 Å². The van der Waals surface area contributed by atoms with Gasteiger partial charge in [0.1, 0.15) is 5.65 Å². The lowest BCUT2D eigenvalue weighted by Gasteiger charge is -2.07. The van der Waals surface area contributed by atoms with Gasteiger partial charge in [0.05, 0.1) is 23.2 Å². The molecule has 4 heteroatoms. The molecule has 0 fully saturated rings. The minimum absolute atomic E-state index is 0.295. The first kappa shape index (κ1) is 13.6. The summed E-state index contributed by atoms with van der Waals surface area (Å²) in [6, 6.07) is 6.02. The van der Waals surface area contributed by atoms with Crippen molar-refractivity contribution in [2.45, 2.75) is 27.7 Å². The number of carbonyl (C=O) groups is 1. The molecule has 21 heavy (non-hydrogen) atoms. The van der Waals surface area contributed by atoms with Crippen molar-refractivity contribution in [2.75, 3.05) is 6.61 Å². The Kier molecular flexibility index (Phi) is 3.16. The van der Waals surface area contributed by atoms with Crippen molar-refractivity contribution in [1.82, 2.24) is 9.38 Å². The van der Waals surface area contributed by atoms with E-state index in [-0.39, 0.29) is 5.97 Å². The third kappa shape index (κ3) is 2.07. The van der Waals surface area contributed by atoms with E-state index >= 15 is 0 Å². The maximum atomic E-state index is 12.0. The summed E-state index contributed by atoms with van der Waals surface area (Å²) in [7, 11) is 0. The second kappa shape index (κ2) is 4.88. The molecule has 3 rings (SSSR count). The lowest BCUT2D eigenvalue weighted by molar-refractivity contribution is 0.0525. The molecule has 0 aliphatic heterocycles. The first-order valence-electron chi connectivity index (χ1n) is 7.08. The van der Waals surface area contributed by atoms with Crippen LogP contribution in [-0.4, -0.2) is 22.0 Å². The number of imidazole rings is 1. The van der Waals surface area contributed by atoms with Gasteiger partial charge in [-0.1, -0.05) is 0 Å². The van der Waals surface area contributed by atoms with Crippen LogP contribution >= 0.6 is 0 Å². The molecular weight excluding hydrogens is 264 g/mol. The predicted molar refractivity (Wildman–Crippen MR) is 82.9 cm³/mol. The van der Waals surface area contributed by atoms with Crippen LogP contribution in [0.1, 0.15) is 34.0 Å². The maximum absolute atomic E-state index is 12.0. The van der Waals surface area contributed by atoms with E-state index in [4.69, 9.17) is 4.74 Å². The molecule has 0 saturated heterocycles. The number of aryl methyl sites for hydroxylation is 3. The second-order valence-electron chi connectivity index (χ2n) is 5.31. The minimum atomic E-state index is -0.295. The Balaban J connectivity index is 2.29. The number of pyridine rings is 1. The highest BCUT2D eigenvalue weighted by Gasteiger charge is 2.15. The van der Waals surface area contributed by atoms with Crippen LogP contribution in [0.5, 0.6) is 0 Å². The molecule has 4 nitrogen and oxygen atoms in total. The standard InChI is InChI=1S/C17H18N2O2/c1-5-21-17(20)13-6-7-19-15-9-11(3)10(2)8-14(15)18-16(19)12(13)4/h6-9H,5H2,1-4H3. The quantitative estimate of drug-likeness (QED) is 0.675. The molecule has 0 unspecified atom stereocenters. The molecule has 2 aromatic heterocycles. The molecule has 0 spiro atoms. The van der Waals surface area contributed by atoms with Crippen LogP contribution in [0.3, 0.4) is 0 Å². The van der Waals surface area contributed by atoms with Crippen LogP contribution in [-0.2, 0) is 4.74 Å². The number of ether oxygens (including phenoxy) is 1. The van der Waals surface area contributed by atoms with E-state index in [0.717, 1.165) is 22.2 Å². The second-order valence-corrected chi connectivity index (χ2v) is 5.31. The van der Waals surface area contributed by atoms with E-state index in [1.54, 1.807) is 13.0 Å². The maximum Gasteiger partial charge on any atom is 0.338 e. The highest BCUT2D eigenvalue weighted by atomic mass is 16.5. The molecule has 0 aliphatic rings. The van der Waals surface area contributed by atoms with Gasteiger partial charge in [0.2, 0.25) is 0 Å². The van der Waals surface area contributed by atoms with Gasteiger partial charge in [0.25, 0.3) is 0 Å². The molecule has 0 radical (unpaired) electrons. The lowest BCUT2D eigenvalue weighted by Crippen LogP contribution is -2.08. The summed E-state index contributed by atoms with van der Waals surface area (Å²) in [5, 5.41) is 0. The van der Waals surface area contributed by atoms with E-state index < -0.39 is 0 Å². The summed E-state index contributed by atoms with van der Waals surface area (Å²) >= 11 is 0. The van der Waals surface area contributed by atoms with Crippen molar-refractivity contribution < 1.29 is 9.53 Å². The van der Waals surface area contributed by atoms with E-state index in [9.17, 15) is 4.79 Å². The van der Waals surface area contributed by atoms with Crippen LogP contribution in [0.25, 0.3) is 16.7 Å². The van der Waals surface area contributed by atoms with E-state index in [1.165, 1.54) is 11.1 Å². The molecule has 0 N–H and O–H groups in total. The minimum Gasteiger partial charge on any atom is -0.462 e. The highest BCUT2D eigenvalue weighted by Crippen LogP contribution is 2.24. The Morgan fingerprint density at radius 1 is 1.24 bits per heavy atom. The summed E-state index contributed by atoms with van der Waals surface area (Å²) in [5.41, 5.74) is 6.69. The summed E-state index contributed by atoms with van der Waals surface area (Å²) in [4.78, 5) is 16.6. The van der Waals surface area contributed by atoms with Crippen molar-refractivity contribution in [3.63, 3.8) is 0 Å². The molecule has 0 aliphatic carbocycles. The van der Waals surface area contributed by atoms with Crippen molar-refractivity contribution in [3.05, 3.63) is 46.6 Å². The Morgan fingerprint density at radius 2 is 1.95 bits per heavy atom. The van der Waals surface area contributed by atoms with Gasteiger partial charge in [-0.3, -0.25) is 4.40 Å². The number of hydrogen-bond acceptors (Lipinski definition) is 3. The number of rotatable bonds is 2. The third-order valence-electron chi connectivity index (χ3n) is 3.93. The summed E-state index contributed by atoms with van der Waals surface area (Å²) in [6.07, 6.45) is 1.89. The Bertz CT molecular complexity index is 862. The molecule has 0 bridgehead atoms. The van der Waals surface area contributed by atoms with Gasteiger partial charge in [0.15, 0.2) is 0 Å². The monoisotopic (exact) mass is 282 g/mol. The summed E-state index contributed by atoms with van der Waals surface area (Å²) in [5.74, 6) is -0.295. The fraction of sp³-hybridized carbons (Fsp3) is 0.294. The van der Waals surface area contributed by atoms with E-state index in [2.05, 4.69) is 31.0 Å². The van der Waals surface area contributed by atoms with Gasteiger partial charge in [-0.15, -0.1) is 0 Å². The number of esters is 1. The largest absolute Gasteiger partial charge is 0.462 e. The zero-order chi connectivity index (χ0) is 15.1. The average molecular weight is 282 g/mol. The first-order valence-corrected chi connectivity index (χ1v) is 7.08. The first-order chi connectivity index (χ1) is 10.0. The predicted octanol–water partition coefficient (Wildman–Crippen LogP) is 3.59. The van der Waals surface area contributed by atoms with Crippen LogP contribution in [0.2, 0.25) is 0 Å². The fourth-order valence-corrected chi connectivity index (χ4v) is 2.59. The van der Waals surface area contributed by atoms with Crippen LogP contribution < -0.4 is 0 Å². The number of benzene rings is 1. The van der Waals surface area contributed by atoms with Crippen LogP contribution in [0.4, 0.5) is 0 Å². The molecule has 108 valence electrons. The number of hydrogen-bond donors (Lipinski definition) is 0. The van der Waals surface area contributed by atoms with Gasteiger partial charge >= 0.3 is 5.97 Å². The number of fused-ring (bicyclic) bond motifs is 3. The Labute approximate surface area is 123 Å². The topological polar surface area (TPSA) is 43.6 Å². The molecule has 0 amide bonds. The smallest absolute Gasteiger partial charge is 0.338 e. The van der Waals surface area contributed by atoms with Crippen molar-refractivity contribution in [2.24, 2.45) is 0 Å². The molecule has 3 aromatic rings. The summed E-state index contributed by atoms with van der Waals surface area (Å²) < 4.78 is 7.12. The van der Waals surface area contributed by atoms with Crippen LogP contribution in [0, 0.1) is 20.8 Å². The molecule has 2 heterocycles. The van der Waals surface area contributed by atoms with Gasteiger partial charge < -0.3 is 4.74 Å². The van der Waals surface area contributed by atoms with Gasteiger partial charge in [-0.25, -0.2) is 9.78 Å². The van der Waals surface area contributed by atoms with Gasteiger partial charge in [-0.05, 0) is 57.0 Å². The van der Waals surface area contributed by atoms with Gasteiger partial charge in [-0.2, -0.15) is 0 Å². The zero-order valence-corrected chi connectivity index (χ0v) is 12.7. The molecule has 0 atom stereocenters.